The minimum Gasteiger partial charge on any atom is -0.428 e. The number of nitrogens with one attached hydrogen (secondary N) is 2. The number of amides is 3. The Balaban J connectivity index is 2.37. The molecule has 4 N–H and O–H groups in total. The second-order valence-corrected chi connectivity index (χ2v) is 9.40. The number of carbonyl (C=O) groups excluding carboxylic acids is 2. The Kier molecular flexibility index (Phi) is 9.88. The molecule has 3 rings (SSSR count). The van der Waals surface area contributed by atoms with E-state index in [4.69, 9.17) is 5.73 Å². The van der Waals surface area contributed by atoms with Gasteiger partial charge < -0.3 is 21.1 Å². The summed E-state index contributed by atoms with van der Waals surface area (Å²) in [7, 11) is 0. The predicted molar refractivity (Wildman–Crippen MR) is 131 cm³/mol. The summed E-state index contributed by atoms with van der Waals surface area (Å²) in [6.45, 7) is -1.99. The molecule has 0 radical (unpaired) electrons. The summed E-state index contributed by atoms with van der Waals surface area (Å²) in [5.41, 5.74) is -1.22. The molecule has 0 spiro atoms. The Morgan fingerprint density at radius 1 is 0.822 bits per heavy atom. The average Bonchev–Trinajstić information content (AvgIpc) is 2.90. The maximum atomic E-state index is 14.8. The number of ether oxygens (including phenoxy) is 1. The van der Waals surface area contributed by atoms with Crippen molar-refractivity contribution in [3.8, 4) is 5.75 Å². The van der Waals surface area contributed by atoms with Crippen LogP contribution in [0.4, 0.5) is 57.5 Å². The van der Waals surface area contributed by atoms with Crippen LogP contribution in [0, 0.1) is 11.6 Å². The third-order valence-corrected chi connectivity index (χ3v) is 6.12. The van der Waals surface area contributed by atoms with Crippen molar-refractivity contribution in [3.05, 3.63) is 100 Å². The van der Waals surface area contributed by atoms with Gasteiger partial charge in [0.05, 0.1) is 11.1 Å². The first kappa shape index (κ1) is 34.8. The fourth-order valence-electron chi connectivity index (χ4n) is 4.15. The molecule has 1 unspecified atom stereocenters. The molecule has 0 heterocycles. The zero-order valence-corrected chi connectivity index (χ0v) is 22.1. The van der Waals surface area contributed by atoms with E-state index in [-0.39, 0.29) is 29.3 Å². The van der Waals surface area contributed by atoms with Gasteiger partial charge in [-0.3, -0.25) is 4.79 Å². The maximum absolute atomic E-state index is 14.8. The fraction of sp³-hybridized carbons (Fsp3) is 0.259. The topological polar surface area (TPSA) is 93.5 Å². The molecular formula is C27H19F12N3O3. The molecule has 0 aliphatic rings. The highest BCUT2D eigenvalue weighted by molar-refractivity contribution is 5.92. The summed E-state index contributed by atoms with van der Waals surface area (Å²) in [5.74, 6) is -5.64. The summed E-state index contributed by atoms with van der Waals surface area (Å²) in [5, 5.41) is 3.36. The van der Waals surface area contributed by atoms with E-state index in [2.05, 4.69) is 4.74 Å². The van der Waals surface area contributed by atoms with Gasteiger partial charge in [-0.1, -0.05) is 18.2 Å². The maximum Gasteiger partial charge on any atom is 0.461 e. The number of benzene rings is 3. The zero-order chi connectivity index (χ0) is 34.0. The van der Waals surface area contributed by atoms with Gasteiger partial charge in [-0.15, -0.1) is 0 Å². The summed E-state index contributed by atoms with van der Waals surface area (Å²) in [6.07, 6.45) is -20.9. The normalized spacial score (nSPS) is 13.7. The summed E-state index contributed by atoms with van der Waals surface area (Å²) in [6, 6.07) is 4.75. The smallest absolute Gasteiger partial charge is 0.428 e. The van der Waals surface area contributed by atoms with E-state index in [1.54, 1.807) is 0 Å². The van der Waals surface area contributed by atoms with Gasteiger partial charge in [-0.25, -0.2) is 13.6 Å². The third kappa shape index (κ3) is 8.72. The molecule has 244 valence electrons. The summed E-state index contributed by atoms with van der Waals surface area (Å²) in [4.78, 5) is 24.3. The van der Waals surface area contributed by atoms with Crippen molar-refractivity contribution in [3.63, 3.8) is 0 Å². The van der Waals surface area contributed by atoms with E-state index in [0.29, 0.717) is 18.2 Å². The standard InChI is InChI=1S/C27H19F12N3O3/c28-17-7-16(8-18(10-17)45-27(38,39)22(30)31)24(42-23(44)41-12-25(32,33)34,11-13-1-3-14(4-2-13)21(40)43)15-5-6-20(29)19(9-15)26(35,36)37/h1-10,22H,11-12H2,(H2,40,43)(H2,41,42,44). The molecule has 0 aromatic heterocycles. The number of primary amides is 1. The van der Waals surface area contributed by atoms with Crippen LogP contribution in [0.5, 0.6) is 5.75 Å². The van der Waals surface area contributed by atoms with Gasteiger partial charge in [0.1, 0.15) is 23.9 Å². The van der Waals surface area contributed by atoms with Gasteiger partial charge in [-0.05, 0) is 53.1 Å². The Hall–Kier alpha value is -4.64. The number of carbonyl (C=O) groups is 2. The van der Waals surface area contributed by atoms with Crippen LogP contribution in [-0.2, 0) is 18.1 Å². The minimum absolute atomic E-state index is 0.0429. The van der Waals surface area contributed by atoms with Gasteiger partial charge in [0, 0.05) is 18.1 Å². The predicted octanol–water partition coefficient (Wildman–Crippen LogP) is 6.67. The molecule has 3 amide bonds. The third-order valence-electron chi connectivity index (χ3n) is 6.12. The van der Waals surface area contributed by atoms with Crippen LogP contribution in [0.1, 0.15) is 32.6 Å². The average molecular weight is 661 g/mol. The number of nitrogens with two attached hydrogens (primary N) is 1. The molecule has 0 fully saturated rings. The van der Waals surface area contributed by atoms with Gasteiger partial charge in [-0.2, -0.15) is 43.9 Å². The van der Waals surface area contributed by atoms with Crippen molar-refractivity contribution in [2.45, 2.75) is 36.8 Å². The molecule has 0 bridgehead atoms. The van der Waals surface area contributed by atoms with E-state index < -0.39 is 89.4 Å². The molecule has 6 nitrogen and oxygen atoms in total. The quantitative estimate of drug-likeness (QED) is 0.212. The molecule has 0 aliphatic heterocycles. The van der Waals surface area contributed by atoms with Crippen LogP contribution in [-0.4, -0.2) is 37.2 Å². The molecule has 18 heteroatoms. The second kappa shape index (κ2) is 12.8. The number of hydrogen-bond acceptors (Lipinski definition) is 3. The zero-order valence-electron chi connectivity index (χ0n) is 22.1. The lowest BCUT2D eigenvalue weighted by molar-refractivity contribution is -0.253. The number of halogens is 12. The molecule has 0 saturated heterocycles. The Bertz CT molecular complexity index is 1540. The first-order chi connectivity index (χ1) is 20.6. The molecule has 3 aromatic carbocycles. The molecular weight excluding hydrogens is 642 g/mol. The lowest BCUT2D eigenvalue weighted by Crippen LogP contribution is -2.53. The van der Waals surface area contributed by atoms with Crippen LogP contribution < -0.4 is 21.1 Å². The van der Waals surface area contributed by atoms with Crippen molar-refractivity contribution in [1.29, 1.82) is 0 Å². The highest BCUT2D eigenvalue weighted by Gasteiger charge is 2.45. The minimum atomic E-state index is -5.40. The van der Waals surface area contributed by atoms with Gasteiger partial charge in [0.2, 0.25) is 5.91 Å². The van der Waals surface area contributed by atoms with E-state index in [1.807, 2.05) is 5.32 Å². The number of alkyl halides is 10. The van der Waals surface area contributed by atoms with Crippen molar-refractivity contribution in [2.24, 2.45) is 5.73 Å². The van der Waals surface area contributed by atoms with Crippen LogP contribution >= 0.6 is 0 Å². The number of rotatable bonds is 10. The van der Waals surface area contributed by atoms with Crippen LogP contribution in [0.2, 0.25) is 0 Å². The van der Waals surface area contributed by atoms with Crippen molar-refractivity contribution >= 4 is 11.9 Å². The molecule has 0 aliphatic carbocycles. The van der Waals surface area contributed by atoms with Crippen LogP contribution in [0.3, 0.4) is 0 Å². The summed E-state index contributed by atoms with van der Waals surface area (Å²) < 4.78 is 166. The van der Waals surface area contributed by atoms with E-state index in [9.17, 15) is 62.3 Å². The second-order valence-electron chi connectivity index (χ2n) is 9.40. The van der Waals surface area contributed by atoms with E-state index in [1.165, 1.54) is 5.32 Å². The van der Waals surface area contributed by atoms with E-state index in [0.717, 1.165) is 24.3 Å². The largest absolute Gasteiger partial charge is 0.461 e. The van der Waals surface area contributed by atoms with Crippen molar-refractivity contribution < 1.29 is 67.0 Å². The first-order valence-corrected chi connectivity index (χ1v) is 12.2. The van der Waals surface area contributed by atoms with E-state index >= 15 is 0 Å². The molecule has 3 aromatic rings. The Labute approximate surface area is 245 Å². The number of urea groups is 1. The van der Waals surface area contributed by atoms with Crippen molar-refractivity contribution in [2.75, 3.05) is 6.54 Å². The monoisotopic (exact) mass is 661 g/mol. The molecule has 1 atom stereocenters. The molecule has 0 saturated carbocycles. The van der Waals surface area contributed by atoms with Gasteiger partial charge in [0.15, 0.2) is 0 Å². The Morgan fingerprint density at radius 3 is 1.98 bits per heavy atom. The Morgan fingerprint density at radius 2 is 1.44 bits per heavy atom. The SMILES string of the molecule is NC(=O)c1ccc(CC(NC(=O)NCC(F)(F)F)(c2cc(F)cc(OC(F)(F)C(F)F)c2)c2ccc(F)c(C(F)(F)F)c2)cc1. The first-order valence-electron chi connectivity index (χ1n) is 12.2. The number of hydrogen-bond donors (Lipinski definition) is 3. The fourth-order valence-corrected chi connectivity index (χ4v) is 4.15. The summed E-state index contributed by atoms with van der Waals surface area (Å²) >= 11 is 0. The highest BCUT2D eigenvalue weighted by Crippen LogP contribution is 2.41. The van der Waals surface area contributed by atoms with Crippen LogP contribution in [0.15, 0.2) is 60.7 Å². The van der Waals surface area contributed by atoms with Crippen molar-refractivity contribution in [1.82, 2.24) is 10.6 Å². The van der Waals surface area contributed by atoms with Gasteiger partial charge in [0.25, 0.3) is 0 Å². The van der Waals surface area contributed by atoms with Gasteiger partial charge >= 0.3 is 30.9 Å². The lowest BCUT2D eigenvalue weighted by atomic mass is 9.77. The van der Waals surface area contributed by atoms with Crippen LogP contribution in [0.25, 0.3) is 0 Å². The lowest BCUT2D eigenvalue weighted by Gasteiger charge is -2.37. The molecule has 45 heavy (non-hydrogen) atoms. The highest BCUT2D eigenvalue weighted by atomic mass is 19.4.